The van der Waals surface area contributed by atoms with Gasteiger partial charge in [-0.2, -0.15) is 0 Å². The van der Waals surface area contributed by atoms with E-state index < -0.39 is 0 Å². The summed E-state index contributed by atoms with van der Waals surface area (Å²) >= 11 is 1.63. The van der Waals surface area contributed by atoms with Crippen molar-refractivity contribution in [1.82, 2.24) is 4.98 Å². The summed E-state index contributed by atoms with van der Waals surface area (Å²) in [6.07, 6.45) is 1.28. The van der Waals surface area contributed by atoms with Crippen molar-refractivity contribution in [2.45, 2.75) is 13.3 Å². The number of hydrogen-bond acceptors (Lipinski definition) is 4. The highest BCUT2D eigenvalue weighted by atomic mass is 32.1. The van der Waals surface area contributed by atoms with Crippen LogP contribution in [0.5, 0.6) is 5.75 Å². The van der Waals surface area contributed by atoms with Gasteiger partial charge in [-0.25, -0.2) is 4.98 Å². The third kappa shape index (κ3) is 3.14. The van der Waals surface area contributed by atoms with E-state index in [4.69, 9.17) is 4.74 Å². The molecule has 0 aliphatic carbocycles. The number of aryl methyl sites for hydroxylation is 1. The fourth-order valence-electron chi connectivity index (χ4n) is 1.41. The first-order valence-electron chi connectivity index (χ1n) is 5.38. The van der Waals surface area contributed by atoms with Crippen LogP contribution in [0.15, 0.2) is 29.6 Å². The normalized spacial score (nSPS) is 10.2. The average Bonchev–Trinajstić information content (AvgIpc) is 2.77. The number of nitrogens with zero attached hydrogens (tertiary/aromatic N) is 1. The highest BCUT2D eigenvalue weighted by Crippen LogP contribution is 2.25. The zero-order valence-corrected chi connectivity index (χ0v) is 10.4. The molecule has 0 bridgehead atoms. The quantitative estimate of drug-likeness (QED) is 0.602. The van der Waals surface area contributed by atoms with Gasteiger partial charge in [-0.05, 0) is 31.2 Å². The van der Waals surface area contributed by atoms with Crippen LogP contribution in [0.4, 0.5) is 0 Å². The van der Waals surface area contributed by atoms with Crippen LogP contribution in [0.25, 0.3) is 10.6 Å². The molecule has 88 valence electrons. The number of ether oxygens (including phenoxy) is 1. The lowest BCUT2D eigenvalue weighted by atomic mass is 10.2. The molecule has 0 radical (unpaired) electrons. The zero-order chi connectivity index (χ0) is 12.1. The third-order valence-electron chi connectivity index (χ3n) is 2.22. The minimum Gasteiger partial charge on any atom is -0.493 e. The van der Waals surface area contributed by atoms with Crippen LogP contribution in [0, 0.1) is 6.92 Å². The number of carbonyl (C=O) groups excluding carboxylic acids is 1. The minimum absolute atomic E-state index is 0.424. The molecular formula is C13H13NO2S. The smallest absolute Gasteiger partial charge is 0.123 e. The molecule has 0 atom stereocenters. The Morgan fingerprint density at radius 2 is 2.12 bits per heavy atom. The Morgan fingerprint density at radius 1 is 1.35 bits per heavy atom. The zero-order valence-electron chi connectivity index (χ0n) is 9.55. The van der Waals surface area contributed by atoms with E-state index in [2.05, 4.69) is 4.98 Å². The summed E-state index contributed by atoms with van der Waals surface area (Å²) in [5.74, 6) is 0.781. The number of carbonyl (C=O) groups is 1. The van der Waals surface area contributed by atoms with E-state index in [-0.39, 0.29) is 0 Å². The molecule has 2 rings (SSSR count). The van der Waals surface area contributed by atoms with Gasteiger partial charge in [-0.3, -0.25) is 0 Å². The van der Waals surface area contributed by atoms with Crippen LogP contribution in [-0.2, 0) is 4.79 Å². The summed E-state index contributed by atoms with van der Waals surface area (Å²) in [7, 11) is 0. The van der Waals surface area contributed by atoms with E-state index in [9.17, 15) is 4.79 Å². The molecule has 0 saturated heterocycles. The van der Waals surface area contributed by atoms with Gasteiger partial charge < -0.3 is 9.53 Å². The predicted molar refractivity (Wildman–Crippen MR) is 68.5 cm³/mol. The van der Waals surface area contributed by atoms with Crippen LogP contribution in [0.2, 0.25) is 0 Å². The number of rotatable bonds is 5. The largest absolute Gasteiger partial charge is 0.493 e. The van der Waals surface area contributed by atoms with E-state index in [1.807, 2.05) is 36.6 Å². The van der Waals surface area contributed by atoms with Crippen molar-refractivity contribution in [2.75, 3.05) is 6.61 Å². The Kier molecular flexibility index (Phi) is 3.88. The summed E-state index contributed by atoms with van der Waals surface area (Å²) in [5, 5.41) is 3.05. The number of aldehydes is 1. The molecule has 0 saturated carbocycles. The lowest BCUT2D eigenvalue weighted by molar-refractivity contribution is -0.108. The van der Waals surface area contributed by atoms with E-state index in [1.165, 1.54) is 0 Å². The SMILES string of the molecule is Cc1csc(-c2ccc(OCCC=O)cc2)n1. The number of aromatic nitrogens is 1. The van der Waals surface area contributed by atoms with Crippen LogP contribution in [0.1, 0.15) is 12.1 Å². The summed E-state index contributed by atoms with van der Waals surface area (Å²) in [4.78, 5) is 14.6. The molecule has 4 heteroatoms. The van der Waals surface area contributed by atoms with Gasteiger partial charge in [-0.15, -0.1) is 11.3 Å². The fraction of sp³-hybridized carbons (Fsp3) is 0.231. The second-order valence-electron chi connectivity index (χ2n) is 3.62. The van der Waals surface area contributed by atoms with E-state index in [0.29, 0.717) is 13.0 Å². The Labute approximate surface area is 104 Å². The molecule has 1 heterocycles. The maximum absolute atomic E-state index is 10.1. The maximum atomic E-state index is 10.1. The molecule has 0 amide bonds. The van der Waals surface area contributed by atoms with E-state index in [0.717, 1.165) is 28.3 Å². The number of benzene rings is 1. The molecule has 0 aliphatic heterocycles. The molecule has 1 aromatic heterocycles. The van der Waals surface area contributed by atoms with Crippen molar-refractivity contribution in [3.8, 4) is 16.3 Å². The lowest BCUT2D eigenvalue weighted by Gasteiger charge is -2.04. The second kappa shape index (κ2) is 5.59. The number of hydrogen-bond donors (Lipinski definition) is 0. The first-order valence-corrected chi connectivity index (χ1v) is 6.26. The van der Waals surface area contributed by atoms with Crippen LogP contribution in [-0.4, -0.2) is 17.9 Å². The van der Waals surface area contributed by atoms with Gasteiger partial charge >= 0.3 is 0 Å². The second-order valence-corrected chi connectivity index (χ2v) is 4.48. The van der Waals surface area contributed by atoms with E-state index in [1.54, 1.807) is 11.3 Å². The topological polar surface area (TPSA) is 39.2 Å². The first-order chi connectivity index (χ1) is 8.29. The van der Waals surface area contributed by atoms with Crippen molar-refractivity contribution in [3.05, 3.63) is 35.3 Å². The van der Waals surface area contributed by atoms with Crippen molar-refractivity contribution in [1.29, 1.82) is 0 Å². The predicted octanol–water partition coefficient (Wildman–Crippen LogP) is 3.09. The Hall–Kier alpha value is -1.68. The first kappa shape index (κ1) is 11.8. The van der Waals surface area contributed by atoms with Crippen molar-refractivity contribution in [2.24, 2.45) is 0 Å². The molecule has 0 fully saturated rings. The molecule has 2 aromatic rings. The van der Waals surface area contributed by atoms with Gasteiger partial charge in [-0.1, -0.05) is 0 Å². The van der Waals surface area contributed by atoms with Gasteiger partial charge in [0.15, 0.2) is 0 Å². The Morgan fingerprint density at radius 3 is 2.71 bits per heavy atom. The number of thiazole rings is 1. The van der Waals surface area contributed by atoms with Gasteiger partial charge in [0.1, 0.15) is 17.0 Å². The van der Waals surface area contributed by atoms with E-state index >= 15 is 0 Å². The molecule has 0 N–H and O–H groups in total. The summed E-state index contributed by atoms with van der Waals surface area (Å²) in [5.41, 5.74) is 2.13. The van der Waals surface area contributed by atoms with Crippen LogP contribution < -0.4 is 4.74 Å². The Balaban J connectivity index is 2.05. The standard InChI is InChI=1S/C13H13NO2S/c1-10-9-17-13(14-10)11-3-5-12(6-4-11)16-8-2-7-15/h3-7,9H,2,8H2,1H3. The third-order valence-corrected chi connectivity index (χ3v) is 3.23. The summed E-state index contributed by atoms with van der Waals surface area (Å²) in [6.45, 7) is 2.41. The summed E-state index contributed by atoms with van der Waals surface area (Å²) in [6, 6.07) is 7.76. The van der Waals surface area contributed by atoms with Gasteiger partial charge in [0.2, 0.25) is 0 Å². The highest BCUT2D eigenvalue weighted by molar-refractivity contribution is 7.13. The molecule has 0 spiro atoms. The van der Waals surface area contributed by atoms with Gasteiger partial charge in [0.25, 0.3) is 0 Å². The molecule has 0 aliphatic rings. The molecule has 0 unspecified atom stereocenters. The average molecular weight is 247 g/mol. The lowest BCUT2D eigenvalue weighted by Crippen LogP contribution is -1.97. The van der Waals surface area contributed by atoms with Crippen molar-refractivity contribution in [3.63, 3.8) is 0 Å². The molecular weight excluding hydrogens is 234 g/mol. The van der Waals surface area contributed by atoms with Crippen LogP contribution in [0.3, 0.4) is 0 Å². The minimum atomic E-state index is 0.424. The Bertz CT molecular complexity index is 490. The molecule has 17 heavy (non-hydrogen) atoms. The van der Waals surface area contributed by atoms with Gasteiger partial charge in [0, 0.05) is 23.1 Å². The highest BCUT2D eigenvalue weighted by Gasteiger charge is 2.02. The van der Waals surface area contributed by atoms with Crippen molar-refractivity contribution < 1.29 is 9.53 Å². The fourth-order valence-corrected chi connectivity index (χ4v) is 2.21. The summed E-state index contributed by atoms with van der Waals surface area (Å²) < 4.78 is 5.39. The molecule has 1 aromatic carbocycles. The molecule has 3 nitrogen and oxygen atoms in total. The van der Waals surface area contributed by atoms with Gasteiger partial charge in [0.05, 0.1) is 6.61 Å². The maximum Gasteiger partial charge on any atom is 0.123 e. The van der Waals surface area contributed by atoms with Crippen LogP contribution >= 0.6 is 11.3 Å². The monoisotopic (exact) mass is 247 g/mol. The van der Waals surface area contributed by atoms with Crippen molar-refractivity contribution >= 4 is 17.6 Å².